The van der Waals surface area contributed by atoms with Crippen LogP contribution in [0.3, 0.4) is 0 Å². The summed E-state index contributed by atoms with van der Waals surface area (Å²) < 4.78 is 11.2. The molecule has 2 rings (SSSR count). The van der Waals surface area contributed by atoms with Gasteiger partial charge in [0.05, 0.1) is 7.11 Å². The van der Waals surface area contributed by atoms with Crippen LogP contribution in [0.4, 0.5) is 0 Å². The molecule has 0 radical (unpaired) electrons. The number of hydrogen-bond donors (Lipinski definition) is 1. The van der Waals surface area contributed by atoms with Crippen molar-refractivity contribution in [3.8, 4) is 11.5 Å². The molecule has 0 aliphatic rings. The molecule has 0 aliphatic heterocycles. The van der Waals surface area contributed by atoms with Crippen molar-refractivity contribution in [2.75, 3.05) is 7.11 Å². The molecule has 0 amide bonds. The fraction of sp³-hybridized carbons (Fsp3) is 0.333. The van der Waals surface area contributed by atoms with E-state index < -0.39 is 0 Å². The first-order valence-corrected chi connectivity index (χ1v) is 7.13. The molecule has 112 valence electrons. The van der Waals surface area contributed by atoms with E-state index in [-0.39, 0.29) is 6.04 Å². The Balaban J connectivity index is 2.21. The summed E-state index contributed by atoms with van der Waals surface area (Å²) in [4.78, 5) is 0. The SMILES string of the molecule is COc1ccc([C@@H](C)N)c(OCc2cc(C)cc(C)c2)c1. The predicted octanol–water partition coefficient (Wildman–Crippen LogP) is 3.91. The molecule has 2 aromatic rings. The van der Waals surface area contributed by atoms with E-state index in [0.717, 1.165) is 22.6 Å². The minimum atomic E-state index is -0.0786. The van der Waals surface area contributed by atoms with Crippen molar-refractivity contribution in [1.29, 1.82) is 0 Å². The molecule has 2 N–H and O–H groups in total. The second kappa shape index (κ2) is 6.64. The van der Waals surface area contributed by atoms with Gasteiger partial charge in [-0.05, 0) is 32.4 Å². The third kappa shape index (κ3) is 3.99. The number of hydrogen-bond acceptors (Lipinski definition) is 3. The van der Waals surface area contributed by atoms with Gasteiger partial charge in [0.1, 0.15) is 18.1 Å². The van der Waals surface area contributed by atoms with E-state index in [9.17, 15) is 0 Å². The van der Waals surface area contributed by atoms with Crippen LogP contribution < -0.4 is 15.2 Å². The van der Waals surface area contributed by atoms with Crippen molar-refractivity contribution < 1.29 is 9.47 Å². The van der Waals surface area contributed by atoms with Gasteiger partial charge in [0.25, 0.3) is 0 Å². The number of benzene rings is 2. The van der Waals surface area contributed by atoms with Gasteiger partial charge in [0.15, 0.2) is 0 Å². The Morgan fingerprint density at radius 2 is 1.71 bits per heavy atom. The first kappa shape index (κ1) is 15.4. The molecule has 0 spiro atoms. The zero-order valence-electron chi connectivity index (χ0n) is 13.1. The second-order valence-corrected chi connectivity index (χ2v) is 5.48. The molecule has 0 saturated heterocycles. The van der Waals surface area contributed by atoms with Gasteiger partial charge in [0, 0.05) is 17.7 Å². The summed E-state index contributed by atoms with van der Waals surface area (Å²) in [5.41, 5.74) is 10.6. The lowest BCUT2D eigenvalue weighted by Crippen LogP contribution is -2.08. The summed E-state index contributed by atoms with van der Waals surface area (Å²) in [6.07, 6.45) is 0. The molecule has 2 aromatic carbocycles. The zero-order valence-corrected chi connectivity index (χ0v) is 13.1. The van der Waals surface area contributed by atoms with Crippen molar-refractivity contribution in [2.45, 2.75) is 33.4 Å². The first-order chi connectivity index (χ1) is 9.99. The lowest BCUT2D eigenvalue weighted by molar-refractivity contribution is 0.299. The van der Waals surface area contributed by atoms with Crippen molar-refractivity contribution in [3.63, 3.8) is 0 Å². The van der Waals surface area contributed by atoms with Crippen LogP contribution in [-0.2, 0) is 6.61 Å². The summed E-state index contributed by atoms with van der Waals surface area (Å²) in [5, 5.41) is 0. The molecule has 0 unspecified atom stereocenters. The molecule has 3 heteroatoms. The van der Waals surface area contributed by atoms with Crippen molar-refractivity contribution in [3.05, 3.63) is 58.7 Å². The molecule has 0 heterocycles. The Bertz CT molecular complexity index is 600. The normalized spacial score (nSPS) is 12.0. The van der Waals surface area contributed by atoms with Gasteiger partial charge < -0.3 is 15.2 Å². The van der Waals surface area contributed by atoms with Gasteiger partial charge in [-0.1, -0.05) is 35.4 Å². The highest BCUT2D eigenvalue weighted by Crippen LogP contribution is 2.29. The Morgan fingerprint density at radius 1 is 1.05 bits per heavy atom. The second-order valence-electron chi connectivity index (χ2n) is 5.48. The van der Waals surface area contributed by atoms with E-state index in [2.05, 4.69) is 32.0 Å². The van der Waals surface area contributed by atoms with E-state index >= 15 is 0 Å². The smallest absolute Gasteiger partial charge is 0.128 e. The Hall–Kier alpha value is -2.00. The average Bonchev–Trinajstić information content (AvgIpc) is 2.43. The van der Waals surface area contributed by atoms with E-state index in [1.165, 1.54) is 11.1 Å². The van der Waals surface area contributed by atoms with Crippen LogP contribution in [-0.4, -0.2) is 7.11 Å². The number of nitrogens with two attached hydrogens (primary N) is 1. The van der Waals surface area contributed by atoms with Gasteiger partial charge in [-0.15, -0.1) is 0 Å². The summed E-state index contributed by atoms with van der Waals surface area (Å²) >= 11 is 0. The summed E-state index contributed by atoms with van der Waals surface area (Å²) in [6, 6.07) is 12.1. The highest BCUT2D eigenvalue weighted by Gasteiger charge is 2.10. The maximum absolute atomic E-state index is 6.00. The topological polar surface area (TPSA) is 44.5 Å². The van der Waals surface area contributed by atoms with E-state index in [1.807, 2.05) is 25.1 Å². The van der Waals surface area contributed by atoms with Gasteiger partial charge in [-0.2, -0.15) is 0 Å². The van der Waals surface area contributed by atoms with Crippen LogP contribution in [0.1, 0.15) is 35.2 Å². The average molecular weight is 285 g/mol. The summed E-state index contributed by atoms with van der Waals surface area (Å²) in [6.45, 7) is 6.66. The Labute approximate surface area is 126 Å². The van der Waals surface area contributed by atoms with Gasteiger partial charge >= 0.3 is 0 Å². The number of ether oxygens (including phenoxy) is 2. The molecular weight excluding hydrogens is 262 g/mol. The monoisotopic (exact) mass is 285 g/mol. The molecule has 0 fully saturated rings. The lowest BCUT2D eigenvalue weighted by Gasteiger charge is -2.15. The zero-order chi connectivity index (χ0) is 15.4. The van der Waals surface area contributed by atoms with Crippen LogP contribution >= 0.6 is 0 Å². The molecule has 0 saturated carbocycles. The van der Waals surface area contributed by atoms with Crippen LogP contribution in [0.25, 0.3) is 0 Å². The number of aryl methyl sites for hydroxylation is 2. The Kier molecular flexibility index (Phi) is 4.86. The highest BCUT2D eigenvalue weighted by atomic mass is 16.5. The third-order valence-electron chi connectivity index (χ3n) is 3.39. The Morgan fingerprint density at radius 3 is 2.29 bits per heavy atom. The first-order valence-electron chi connectivity index (χ1n) is 7.13. The fourth-order valence-electron chi connectivity index (χ4n) is 2.46. The standard InChI is InChI=1S/C18H23NO2/c1-12-7-13(2)9-15(8-12)11-21-18-10-16(20-4)5-6-17(18)14(3)19/h5-10,14H,11,19H2,1-4H3/t14-/m1/s1. The van der Waals surface area contributed by atoms with Gasteiger partial charge in [-0.25, -0.2) is 0 Å². The highest BCUT2D eigenvalue weighted by molar-refractivity contribution is 5.42. The van der Waals surface area contributed by atoms with Crippen LogP contribution in [0.15, 0.2) is 36.4 Å². The molecule has 1 atom stereocenters. The van der Waals surface area contributed by atoms with Gasteiger partial charge in [0.2, 0.25) is 0 Å². The van der Waals surface area contributed by atoms with Crippen LogP contribution in [0.5, 0.6) is 11.5 Å². The molecule has 21 heavy (non-hydrogen) atoms. The maximum Gasteiger partial charge on any atom is 0.128 e. The summed E-state index contributed by atoms with van der Waals surface area (Å²) in [7, 11) is 1.65. The van der Waals surface area contributed by atoms with E-state index in [0.29, 0.717) is 6.61 Å². The van der Waals surface area contributed by atoms with Crippen LogP contribution in [0, 0.1) is 13.8 Å². The molecular formula is C18H23NO2. The van der Waals surface area contributed by atoms with Crippen molar-refractivity contribution >= 4 is 0 Å². The molecule has 3 nitrogen and oxygen atoms in total. The lowest BCUT2D eigenvalue weighted by atomic mass is 10.1. The quantitative estimate of drug-likeness (QED) is 0.905. The predicted molar refractivity (Wildman–Crippen MR) is 85.8 cm³/mol. The van der Waals surface area contributed by atoms with E-state index in [1.54, 1.807) is 7.11 Å². The fourth-order valence-corrected chi connectivity index (χ4v) is 2.46. The van der Waals surface area contributed by atoms with Gasteiger partial charge in [-0.3, -0.25) is 0 Å². The van der Waals surface area contributed by atoms with E-state index in [4.69, 9.17) is 15.2 Å². The molecule has 0 aromatic heterocycles. The molecule has 0 bridgehead atoms. The maximum atomic E-state index is 6.00. The third-order valence-corrected chi connectivity index (χ3v) is 3.39. The molecule has 0 aliphatic carbocycles. The number of rotatable bonds is 5. The minimum absolute atomic E-state index is 0.0786. The van der Waals surface area contributed by atoms with Crippen molar-refractivity contribution in [1.82, 2.24) is 0 Å². The number of methoxy groups -OCH3 is 1. The van der Waals surface area contributed by atoms with Crippen molar-refractivity contribution in [2.24, 2.45) is 5.73 Å². The summed E-state index contributed by atoms with van der Waals surface area (Å²) in [5.74, 6) is 1.55. The van der Waals surface area contributed by atoms with Crippen LogP contribution in [0.2, 0.25) is 0 Å². The minimum Gasteiger partial charge on any atom is -0.497 e. The largest absolute Gasteiger partial charge is 0.497 e.